The van der Waals surface area contributed by atoms with E-state index in [2.05, 4.69) is 31.0 Å². The maximum absolute atomic E-state index is 9.53. The molecule has 1 heterocycles. The first-order valence-electron chi connectivity index (χ1n) is 7.75. The van der Waals surface area contributed by atoms with Crippen molar-refractivity contribution >= 4 is 0 Å². The molecule has 0 aromatic carbocycles. The summed E-state index contributed by atoms with van der Waals surface area (Å²) >= 11 is 0. The van der Waals surface area contributed by atoms with Crippen molar-refractivity contribution in [3.05, 3.63) is 0 Å². The molecule has 3 heteroatoms. The van der Waals surface area contributed by atoms with Gasteiger partial charge in [0.05, 0.1) is 6.61 Å². The first kappa shape index (κ1) is 15.9. The summed E-state index contributed by atoms with van der Waals surface area (Å²) in [7, 11) is 0. The smallest absolute Gasteiger partial charge is 0.0611 e. The van der Waals surface area contributed by atoms with Gasteiger partial charge >= 0.3 is 0 Å². The number of likely N-dealkylation sites (N-methyl/N-ethyl adjacent to an activating group) is 1. The predicted molar refractivity (Wildman–Crippen MR) is 77.9 cm³/mol. The van der Waals surface area contributed by atoms with Crippen molar-refractivity contribution in [3.63, 3.8) is 0 Å². The van der Waals surface area contributed by atoms with Crippen LogP contribution in [0.3, 0.4) is 0 Å². The van der Waals surface area contributed by atoms with E-state index in [1.165, 1.54) is 38.6 Å². The summed E-state index contributed by atoms with van der Waals surface area (Å²) in [5.41, 5.74) is -0.108. The Morgan fingerprint density at radius 1 is 1.33 bits per heavy atom. The molecule has 0 aliphatic carbocycles. The Labute approximate surface area is 113 Å². The number of likely N-dealkylation sites (tertiary alicyclic amines) is 1. The summed E-state index contributed by atoms with van der Waals surface area (Å²) < 4.78 is 0. The third-order valence-electron chi connectivity index (χ3n) is 4.27. The second kappa shape index (κ2) is 8.13. The second-order valence-corrected chi connectivity index (χ2v) is 5.97. The first-order valence-corrected chi connectivity index (χ1v) is 7.75. The van der Waals surface area contributed by atoms with Gasteiger partial charge in [-0.05, 0) is 45.7 Å². The van der Waals surface area contributed by atoms with Gasteiger partial charge in [-0.2, -0.15) is 0 Å². The fourth-order valence-electron chi connectivity index (χ4n) is 3.06. The van der Waals surface area contributed by atoms with Gasteiger partial charge in [-0.1, -0.05) is 26.7 Å². The van der Waals surface area contributed by atoms with Crippen LogP contribution in [0.15, 0.2) is 0 Å². The van der Waals surface area contributed by atoms with E-state index in [0.29, 0.717) is 0 Å². The van der Waals surface area contributed by atoms with Crippen molar-refractivity contribution in [2.45, 2.75) is 70.9 Å². The molecule has 0 amide bonds. The van der Waals surface area contributed by atoms with Gasteiger partial charge in [0.2, 0.25) is 0 Å². The Kier molecular flexibility index (Phi) is 7.20. The highest BCUT2D eigenvalue weighted by Gasteiger charge is 2.26. The van der Waals surface area contributed by atoms with Crippen molar-refractivity contribution < 1.29 is 5.11 Å². The number of piperidine rings is 1. The molecule has 1 aliphatic heterocycles. The number of aliphatic hydroxyl groups is 1. The summed E-state index contributed by atoms with van der Waals surface area (Å²) in [6.07, 6.45) is 7.76. The van der Waals surface area contributed by atoms with Gasteiger partial charge in [0.25, 0.3) is 0 Å². The van der Waals surface area contributed by atoms with E-state index in [0.717, 1.165) is 25.6 Å². The van der Waals surface area contributed by atoms with Crippen LogP contribution in [0.2, 0.25) is 0 Å². The Morgan fingerprint density at radius 2 is 2.11 bits per heavy atom. The number of nitrogens with zero attached hydrogens (tertiary/aromatic N) is 1. The Bertz CT molecular complexity index is 221. The van der Waals surface area contributed by atoms with Crippen molar-refractivity contribution in [3.8, 4) is 0 Å². The lowest BCUT2D eigenvalue weighted by molar-refractivity contribution is 0.104. The molecule has 0 saturated carbocycles. The normalized spacial score (nSPS) is 25.0. The van der Waals surface area contributed by atoms with E-state index in [1.807, 2.05) is 0 Å². The standard InChI is InChI=1S/C15H32N2O/c1-4-8-14-9-6-7-11-17(14)12-10-15(3,13-18)16-5-2/h14,16,18H,4-13H2,1-3H3. The Balaban J connectivity index is 2.43. The maximum atomic E-state index is 9.53. The molecular weight excluding hydrogens is 224 g/mol. The minimum Gasteiger partial charge on any atom is -0.394 e. The molecule has 0 bridgehead atoms. The third-order valence-corrected chi connectivity index (χ3v) is 4.27. The zero-order chi connectivity index (χ0) is 13.4. The molecule has 0 aromatic heterocycles. The monoisotopic (exact) mass is 256 g/mol. The molecule has 2 atom stereocenters. The van der Waals surface area contributed by atoms with Crippen LogP contribution in [0.5, 0.6) is 0 Å². The van der Waals surface area contributed by atoms with E-state index in [4.69, 9.17) is 0 Å². The van der Waals surface area contributed by atoms with E-state index >= 15 is 0 Å². The van der Waals surface area contributed by atoms with Crippen LogP contribution in [-0.2, 0) is 0 Å². The first-order chi connectivity index (χ1) is 8.65. The number of rotatable bonds is 8. The molecule has 0 aromatic rings. The van der Waals surface area contributed by atoms with Crippen LogP contribution in [0.1, 0.15) is 59.3 Å². The lowest BCUT2D eigenvalue weighted by Crippen LogP contribution is -2.49. The van der Waals surface area contributed by atoms with Gasteiger partial charge in [-0.25, -0.2) is 0 Å². The van der Waals surface area contributed by atoms with Gasteiger partial charge in [0, 0.05) is 18.1 Å². The molecule has 108 valence electrons. The molecule has 0 radical (unpaired) electrons. The van der Waals surface area contributed by atoms with Crippen LogP contribution in [-0.4, -0.2) is 47.8 Å². The average molecular weight is 256 g/mol. The average Bonchev–Trinajstić information content (AvgIpc) is 2.38. The quantitative estimate of drug-likeness (QED) is 0.700. The molecule has 1 aliphatic rings. The topological polar surface area (TPSA) is 35.5 Å². The Hall–Kier alpha value is -0.120. The van der Waals surface area contributed by atoms with Gasteiger partial charge in [-0.15, -0.1) is 0 Å². The zero-order valence-electron chi connectivity index (χ0n) is 12.5. The molecule has 1 fully saturated rings. The van der Waals surface area contributed by atoms with Crippen molar-refractivity contribution in [1.29, 1.82) is 0 Å². The van der Waals surface area contributed by atoms with E-state index in [-0.39, 0.29) is 12.1 Å². The lowest BCUT2D eigenvalue weighted by Gasteiger charge is -2.38. The van der Waals surface area contributed by atoms with Gasteiger partial charge in [0.15, 0.2) is 0 Å². The zero-order valence-corrected chi connectivity index (χ0v) is 12.5. The number of nitrogens with one attached hydrogen (secondary N) is 1. The van der Waals surface area contributed by atoms with Gasteiger partial charge in [0.1, 0.15) is 0 Å². The van der Waals surface area contributed by atoms with Gasteiger partial charge < -0.3 is 15.3 Å². The number of hydrogen-bond donors (Lipinski definition) is 2. The summed E-state index contributed by atoms with van der Waals surface area (Å²) in [5, 5.41) is 13.0. The molecule has 2 unspecified atom stereocenters. The van der Waals surface area contributed by atoms with E-state index in [9.17, 15) is 5.11 Å². The van der Waals surface area contributed by atoms with Crippen LogP contribution in [0, 0.1) is 0 Å². The molecule has 1 rings (SSSR count). The number of hydrogen-bond acceptors (Lipinski definition) is 3. The van der Waals surface area contributed by atoms with Crippen LogP contribution in [0.25, 0.3) is 0 Å². The van der Waals surface area contributed by atoms with E-state index in [1.54, 1.807) is 0 Å². The summed E-state index contributed by atoms with van der Waals surface area (Å²) in [6, 6.07) is 0.785. The molecule has 3 nitrogen and oxygen atoms in total. The highest BCUT2D eigenvalue weighted by molar-refractivity contribution is 4.85. The summed E-state index contributed by atoms with van der Waals surface area (Å²) in [4.78, 5) is 2.65. The highest BCUT2D eigenvalue weighted by Crippen LogP contribution is 2.22. The van der Waals surface area contributed by atoms with Crippen LogP contribution in [0.4, 0.5) is 0 Å². The van der Waals surface area contributed by atoms with E-state index < -0.39 is 0 Å². The fraction of sp³-hybridized carbons (Fsp3) is 1.00. The largest absolute Gasteiger partial charge is 0.394 e. The SMILES string of the molecule is CCCC1CCCCN1CCC(C)(CO)NCC. The summed E-state index contributed by atoms with van der Waals surface area (Å²) in [6.45, 7) is 10.0. The molecule has 2 N–H and O–H groups in total. The Morgan fingerprint density at radius 3 is 2.72 bits per heavy atom. The second-order valence-electron chi connectivity index (χ2n) is 5.97. The molecular formula is C15H32N2O. The van der Waals surface area contributed by atoms with Crippen molar-refractivity contribution in [2.24, 2.45) is 0 Å². The van der Waals surface area contributed by atoms with Gasteiger partial charge in [-0.3, -0.25) is 0 Å². The summed E-state index contributed by atoms with van der Waals surface area (Å²) in [5.74, 6) is 0. The minimum atomic E-state index is -0.108. The highest BCUT2D eigenvalue weighted by atomic mass is 16.3. The number of aliphatic hydroxyl groups excluding tert-OH is 1. The fourth-order valence-corrected chi connectivity index (χ4v) is 3.06. The molecule has 0 spiro atoms. The van der Waals surface area contributed by atoms with Crippen LogP contribution >= 0.6 is 0 Å². The van der Waals surface area contributed by atoms with Crippen molar-refractivity contribution in [1.82, 2.24) is 10.2 Å². The lowest BCUT2D eigenvalue weighted by atomic mass is 9.94. The maximum Gasteiger partial charge on any atom is 0.0611 e. The van der Waals surface area contributed by atoms with Crippen LogP contribution < -0.4 is 5.32 Å². The molecule has 18 heavy (non-hydrogen) atoms. The minimum absolute atomic E-state index is 0.108. The third kappa shape index (κ3) is 4.87. The molecule has 1 saturated heterocycles. The van der Waals surface area contributed by atoms with Crippen molar-refractivity contribution in [2.75, 3.05) is 26.2 Å². The predicted octanol–water partition coefficient (Wildman–Crippen LogP) is 2.39.